The van der Waals surface area contributed by atoms with E-state index < -0.39 is 0 Å². The van der Waals surface area contributed by atoms with Crippen molar-refractivity contribution in [3.8, 4) is 11.4 Å². The number of hydrogen-bond acceptors (Lipinski definition) is 4. The minimum atomic E-state index is -0.341. The van der Waals surface area contributed by atoms with Crippen molar-refractivity contribution in [2.24, 2.45) is 0 Å². The van der Waals surface area contributed by atoms with Gasteiger partial charge in [-0.2, -0.15) is 0 Å². The molecule has 2 aromatic rings. The summed E-state index contributed by atoms with van der Waals surface area (Å²) in [5, 5.41) is 7.23. The first-order chi connectivity index (χ1) is 10.8. The molecular weight excluding hydrogens is 294 g/mol. The number of nitrogens with one attached hydrogen (secondary N) is 1. The van der Waals surface area contributed by atoms with Gasteiger partial charge in [0.05, 0.1) is 0 Å². The fourth-order valence-electron chi connectivity index (χ4n) is 2.47. The van der Waals surface area contributed by atoms with Gasteiger partial charge in [-0.25, -0.2) is 9.48 Å². The molecule has 2 aromatic heterocycles. The van der Waals surface area contributed by atoms with Gasteiger partial charge in [0.2, 0.25) is 5.91 Å². The van der Waals surface area contributed by atoms with E-state index in [9.17, 15) is 9.59 Å². The van der Waals surface area contributed by atoms with Crippen molar-refractivity contribution in [3.05, 3.63) is 35.0 Å². The smallest absolute Gasteiger partial charge is 0.346 e. The second-order valence-electron chi connectivity index (χ2n) is 6.90. The number of nitrogens with zero attached hydrogens (tertiary/aromatic N) is 4. The number of carbonyl (C=O) groups excluding carboxylic acids is 1. The minimum absolute atomic E-state index is 0.0803. The Morgan fingerprint density at radius 1 is 1.39 bits per heavy atom. The summed E-state index contributed by atoms with van der Waals surface area (Å²) in [6.07, 6.45) is 5.29. The van der Waals surface area contributed by atoms with Gasteiger partial charge in [0.25, 0.3) is 0 Å². The van der Waals surface area contributed by atoms with Crippen molar-refractivity contribution < 1.29 is 4.79 Å². The first-order valence-electron chi connectivity index (χ1n) is 7.76. The zero-order chi connectivity index (χ0) is 16.6. The van der Waals surface area contributed by atoms with Crippen LogP contribution in [0.1, 0.15) is 39.7 Å². The number of rotatable bonds is 4. The SMILES string of the molecule is CC(C)(C)NC(=O)Cn1nc(-c2cccnc2)n(C2CC2)c1=O. The van der Waals surface area contributed by atoms with Crippen LogP contribution in [-0.4, -0.2) is 30.8 Å². The predicted octanol–water partition coefficient (Wildman–Crippen LogP) is 1.36. The molecule has 0 aromatic carbocycles. The van der Waals surface area contributed by atoms with Gasteiger partial charge in [-0.1, -0.05) is 0 Å². The standard InChI is InChI=1S/C16H21N5O2/c1-16(2,3)18-13(22)10-20-15(23)21(12-6-7-12)14(19-20)11-5-4-8-17-9-11/h4-5,8-9,12H,6-7,10H2,1-3H3,(H,18,22). The van der Waals surface area contributed by atoms with Gasteiger partial charge in [0, 0.05) is 29.5 Å². The molecule has 1 fully saturated rings. The van der Waals surface area contributed by atoms with Crippen LogP contribution in [0, 0.1) is 0 Å². The van der Waals surface area contributed by atoms with Crippen molar-refractivity contribution in [3.63, 3.8) is 0 Å². The molecule has 7 nitrogen and oxygen atoms in total. The lowest BCUT2D eigenvalue weighted by Crippen LogP contribution is -2.43. The van der Waals surface area contributed by atoms with E-state index in [4.69, 9.17) is 0 Å². The van der Waals surface area contributed by atoms with Crippen LogP contribution in [0.15, 0.2) is 29.3 Å². The monoisotopic (exact) mass is 315 g/mol. The predicted molar refractivity (Wildman–Crippen MR) is 85.9 cm³/mol. The zero-order valence-corrected chi connectivity index (χ0v) is 13.6. The van der Waals surface area contributed by atoms with Gasteiger partial charge < -0.3 is 5.32 Å². The van der Waals surface area contributed by atoms with Crippen molar-refractivity contribution >= 4 is 5.91 Å². The van der Waals surface area contributed by atoms with Gasteiger partial charge in [-0.15, -0.1) is 5.10 Å². The lowest BCUT2D eigenvalue weighted by molar-refractivity contribution is -0.123. The fraction of sp³-hybridized carbons (Fsp3) is 0.500. The Morgan fingerprint density at radius 2 is 2.13 bits per heavy atom. The lowest BCUT2D eigenvalue weighted by atomic mass is 10.1. The normalized spacial score (nSPS) is 14.7. The first kappa shape index (κ1) is 15.5. The highest BCUT2D eigenvalue weighted by molar-refractivity contribution is 5.76. The summed E-state index contributed by atoms with van der Waals surface area (Å²) in [6, 6.07) is 3.85. The maximum atomic E-state index is 12.6. The van der Waals surface area contributed by atoms with E-state index in [1.54, 1.807) is 17.0 Å². The number of pyridine rings is 1. The van der Waals surface area contributed by atoms with Crippen LogP contribution in [0.5, 0.6) is 0 Å². The van der Waals surface area contributed by atoms with Gasteiger partial charge in [0.15, 0.2) is 5.82 Å². The molecule has 0 atom stereocenters. The Bertz CT molecular complexity index is 766. The van der Waals surface area contributed by atoms with Crippen molar-refractivity contribution in [2.75, 3.05) is 0 Å². The van der Waals surface area contributed by atoms with Crippen molar-refractivity contribution in [1.82, 2.24) is 24.6 Å². The maximum Gasteiger partial charge on any atom is 0.346 e. The summed E-state index contributed by atoms with van der Waals surface area (Å²) in [5.74, 6) is 0.354. The number of amides is 1. The third kappa shape index (κ3) is 3.49. The molecule has 23 heavy (non-hydrogen) atoms. The van der Waals surface area contributed by atoms with E-state index in [0.717, 1.165) is 18.4 Å². The number of hydrogen-bond donors (Lipinski definition) is 1. The van der Waals surface area contributed by atoms with Gasteiger partial charge >= 0.3 is 5.69 Å². The molecule has 1 amide bonds. The topological polar surface area (TPSA) is 81.8 Å². The van der Waals surface area contributed by atoms with E-state index in [1.165, 1.54) is 4.68 Å². The average molecular weight is 315 g/mol. The Hall–Kier alpha value is -2.44. The molecule has 1 N–H and O–H groups in total. The molecule has 0 saturated heterocycles. The molecule has 2 heterocycles. The van der Waals surface area contributed by atoms with E-state index in [2.05, 4.69) is 15.4 Å². The summed E-state index contributed by atoms with van der Waals surface area (Å²) in [7, 11) is 0. The first-order valence-corrected chi connectivity index (χ1v) is 7.76. The second kappa shape index (κ2) is 5.64. The maximum absolute atomic E-state index is 12.6. The van der Waals surface area contributed by atoms with E-state index >= 15 is 0 Å². The van der Waals surface area contributed by atoms with Crippen LogP contribution in [-0.2, 0) is 11.3 Å². The van der Waals surface area contributed by atoms with Gasteiger partial charge in [-0.3, -0.25) is 14.3 Å². The minimum Gasteiger partial charge on any atom is -0.350 e. The third-order valence-corrected chi connectivity index (χ3v) is 3.51. The highest BCUT2D eigenvalue weighted by atomic mass is 16.2. The van der Waals surface area contributed by atoms with Crippen LogP contribution >= 0.6 is 0 Å². The van der Waals surface area contributed by atoms with Crippen molar-refractivity contribution in [2.45, 2.75) is 51.7 Å². The number of carbonyl (C=O) groups is 1. The Labute approximate surface area is 134 Å². The Morgan fingerprint density at radius 3 is 2.70 bits per heavy atom. The van der Waals surface area contributed by atoms with Gasteiger partial charge in [0.1, 0.15) is 6.54 Å². The van der Waals surface area contributed by atoms with Gasteiger partial charge in [-0.05, 0) is 45.7 Å². The lowest BCUT2D eigenvalue weighted by Gasteiger charge is -2.20. The summed E-state index contributed by atoms with van der Waals surface area (Å²) in [6.45, 7) is 5.62. The average Bonchev–Trinajstić information content (AvgIpc) is 3.24. The molecule has 0 aliphatic heterocycles. The van der Waals surface area contributed by atoms with Crippen LogP contribution in [0.25, 0.3) is 11.4 Å². The second-order valence-corrected chi connectivity index (χ2v) is 6.90. The van der Waals surface area contributed by atoms with Crippen LogP contribution in [0.2, 0.25) is 0 Å². The van der Waals surface area contributed by atoms with Crippen molar-refractivity contribution in [1.29, 1.82) is 0 Å². The zero-order valence-electron chi connectivity index (χ0n) is 13.6. The van der Waals surface area contributed by atoms with Crippen LogP contribution < -0.4 is 11.0 Å². The summed E-state index contributed by atoms with van der Waals surface area (Å²) in [4.78, 5) is 28.8. The molecular formula is C16H21N5O2. The Balaban J connectivity index is 1.94. The molecule has 1 aliphatic carbocycles. The van der Waals surface area contributed by atoms with E-state index in [1.807, 2.05) is 32.9 Å². The summed E-state index contributed by atoms with van der Waals surface area (Å²) < 4.78 is 2.92. The molecule has 0 bridgehead atoms. The summed E-state index contributed by atoms with van der Waals surface area (Å²) in [5.41, 5.74) is 0.202. The molecule has 1 saturated carbocycles. The molecule has 0 spiro atoms. The third-order valence-electron chi connectivity index (χ3n) is 3.51. The molecule has 7 heteroatoms. The molecule has 0 unspecified atom stereocenters. The summed E-state index contributed by atoms with van der Waals surface area (Å²) >= 11 is 0. The van der Waals surface area contributed by atoms with E-state index in [0.29, 0.717) is 5.82 Å². The van der Waals surface area contributed by atoms with E-state index in [-0.39, 0.29) is 29.7 Å². The quantitative estimate of drug-likeness (QED) is 0.923. The molecule has 122 valence electrons. The molecule has 0 radical (unpaired) electrons. The molecule has 1 aliphatic rings. The Kier molecular flexibility index (Phi) is 3.79. The highest BCUT2D eigenvalue weighted by Gasteiger charge is 2.31. The fourth-order valence-corrected chi connectivity index (χ4v) is 2.47. The van der Waals surface area contributed by atoms with Crippen LogP contribution in [0.4, 0.5) is 0 Å². The number of aromatic nitrogens is 4. The highest BCUT2D eigenvalue weighted by Crippen LogP contribution is 2.36. The van der Waals surface area contributed by atoms with Crippen LogP contribution in [0.3, 0.4) is 0 Å². The molecule has 3 rings (SSSR count). The largest absolute Gasteiger partial charge is 0.350 e.